The van der Waals surface area contributed by atoms with Gasteiger partial charge in [-0.3, -0.25) is 14.5 Å². The third-order valence-corrected chi connectivity index (χ3v) is 7.53. The molecule has 0 unspecified atom stereocenters. The van der Waals surface area contributed by atoms with Gasteiger partial charge in [-0.05, 0) is 43.9 Å². The number of methoxy groups -OCH3 is 1. The lowest BCUT2D eigenvalue weighted by molar-refractivity contribution is -0.133. The number of ether oxygens (including phenoxy) is 1. The molecule has 2 heterocycles. The zero-order valence-electron chi connectivity index (χ0n) is 19.0. The summed E-state index contributed by atoms with van der Waals surface area (Å²) in [5.74, 6) is -0.0161. The number of rotatable bonds is 8. The lowest BCUT2D eigenvalue weighted by atomic mass is 10.1. The number of likely N-dealkylation sites (tertiary alicyclic amines) is 1. The van der Waals surface area contributed by atoms with Crippen molar-refractivity contribution in [1.82, 2.24) is 19.4 Å². The first-order chi connectivity index (χ1) is 15.3. The highest BCUT2D eigenvalue weighted by atomic mass is 32.2. The molecule has 3 rings (SSSR count). The van der Waals surface area contributed by atoms with Gasteiger partial charge in [0, 0.05) is 58.5 Å². The average Bonchev–Trinajstić information content (AvgIpc) is 2.80. The summed E-state index contributed by atoms with van der Waals surface area (Å²) in [4.78, 5) is 31.5. The molecule has 9 nitrogen and oxygen atoms in total. The molecule has 1 N–H and O–H groups in total. The van der Waals surface area contributed by atoms with Gasteiger partial charge in [0.2, 0.25) is 15.9 Å². The minimum absolute atomic E-state index is 0.0633. The van der Waals surface area contributed by atoms with Crippen molar-refractivity contribution in [3.63, 3.8) is 0 Å². The highest BCUT2D eigenvalue weighted by Gasteiger charge is 2.27. The van der Waals surface area contributed by atoms with E-state index in [2.05, 4.69) is 9.62 Å². The Balaban J connectivity index is 1.59. The van der Waals surface area contributed by atoms with Crippen LogP contribution in [-0.4, -0.2) is 101 Å². The third kappa shape index (κ3) is 6.28. The largest absolute Gasteiger partial charge is 0.383 e. The van der Waals surface area contributed by atoms with Gasteiger partial charge in [0.1, 0.15) is 0 Å². The fourth-order valence-electron chi connectivity index (χ4n) is 4.07. The molecule has 178 valence electrons. The number of carbonyl (C=O) groups is 2. The van der Waals surface area contributed by atoms with Gasteiger partial charge in [0.15, 0.2) is 0 Å². The summed E-state index contributed by atoms with van der Waals surface area (Å²) in [5, 5.41) is 0. The number of nitrogens with one attached hydrogen (secondary N) is 1. The van der Waals surface area contributed by atoms with Crippen LogP contribution in [0.2, 0.25) is 0 Å². The van der Waals surface area contributed by atoms with Gasteiger partial charge in [0.25, 0.3) is 5.91 Å². The van der Waals surface area contributed by atoms with Gasteiger partial charge in [-0.15, -0.1) is 0 Å². The Kier molecular flexibility index (Phi) is 8.64. The number of piperazine rings is 1. The van der Waals surface area contributed by atoms with E-state index in [1.165, 1.54) is 25.7 Å². The van der Waals surface area contributed by atoms with Crippen molar-refractivity contribution in [3.8, 4) is 0 Å². The highest BCUT2D eigenvalue weighted by molar-refractivity contribution is 7.89. The monoisotopic (exact) mass is 466 g/mol. The predicted octanol–water partition coefficient (Wildman–Crippen LogP) is 0.690. The number of carbonyl (C=O) groups excluding carboxylic acids is 2. The van der Waals surface area contributed by atoms with E-state index in [4.69, 9.17) is 4.74 Å². The number of amides is 2. The van der Waals surface area contributed by atoms with Gasteiger partial charge in [-0.1, -0.05) is 6.07 Å². The first kappa shape index (κ1) is 24.6. The van der Waals surface area contributed by atoms with Crippen LogP contribution < -0.4 is 4.72 Å². The first-order valence-corrected chi connectivity index (χ1v) is 12.7. The van der Waals surface area contributed by atoms with Crippen LogP contribution >= 0.6 is 0 Å². The van der Waals surface area contributed by atoms with E-state index in [0.717, 1.165) is 31.5 Å². The van der Waals surface area contributed by atoms with Crippen molar-refractivity contribution in [2.45, 2.75) is 31.1 Å². The van der Waals surface area contributed by atoms with Crippen molar-refractivity contribution in [1.29, 1.82) is 0 Å². The van der Waals surface area contributed by atoms with Crippen LogP contribution in [0.5, 0.6) is 0 Å². The van der Waals surface area contributed by atoms with Crippen molar-refractivity contribution >= 4 is 21.8 Å². The van der Waals surface area contributed by atoms with Crippen molar-refractivity contribution in [2.75, 3.05) is 66.1 Å². The second kappa shape index (κ2) is 11.2. The van der Waals surface area contributed by atoms with Crippen molar-refractivity contribution in [2.24, 2.45) is 0 Å². The normalized spacial score (nSPS) is 18.1. The molecular weight excluding hydrogens is 432 g/mol. The van der Waals surface area contributed by atoms with Crippen LogP contribution in [0.25, 0.3) is 0 Å². The number of hydrogen-bond acceptors (Lipinski definition) is 6. The van der Waals surface area contributed by atoms with Crippen LogP contribution in [0, 0.1) is 6.92 Å². The van der Waals surface area contributed by atoms with Crippen molar-refractivity contribution in [3.05, 3.63) is 29.3 Å². The fraction of sp³-hybridized carbons (Fsp3) is 0.636. The third-order valence-electron chi connectivity index (χ3n) is 6.08. The second-order valence-electron chi connectivity index (χ2n) is 8.38. The standard InChI is InChI=1S/C22H34N4O5S/c1-18-6-7-19(32(29,30)23-8-15-31-2)16-20(18)22(28)26-13-11-24(12-14-26)17-21(27)25-9-4-3-5-10-25/h6-7,16,23H,3-5,8-15,17H2,1-2H3. The summed E-state index contributed by atoms with van der Waals surface area (Å²) in [5.41, 5.74) is 1.12. The first-order valence-electron chi connectivity index (χ1n) is 11.2. The summed E-state index contributed by atoms with van der Waals surface area (Å²) in [7, 11) is -2.22. The van der Waals surface area contributed by atoms with E-state index >= 15 is 0 Å². The molecule has 0 bridgehead atoms. The van der Waals surface area contributed by atoms with Gasteiger partial charge < -0.3 is 14.5 Å². The van der Waals surface area contributed by atoms with Crippen LogP contribution in [0.1, 0.15) is 35.2 Å². The smallest absolute Gasteiger partial charge is 0.254 e. The molecular formula is C22H34N4O5S. The minimum Gasteiger partial charge on any atom is -0.383 e. The maximum Gasteiger partial charge on any atom is 0.254 e. The van der Waals surface area contributed by atoms with Crippen LogP contribution in [0.15, 0.2) is 23.1 Å². The molecule has 0 atom stereocenters. The molecule has 0 spiro atoms. The topological polar surface area (TPSA) is 99.3 Å². The van der Waals surface area contributed by atoms with E-state index in [-0.39, 0.29) is 29.9 Å². The average molecular weight is 467 g/mol. The Morgan fingerprint density at radius 2 is 1.69 bits per heavy atom. The summed E-state index contributed by atoms with van der Waals surface area (Å²) in [6.07, 6.45) is 3.34. The molecule has 2 saturated heterocycles. The fourth-order valence-corrected chi connectivity index (χ4v) is 5.11. The SMILES string of the molecule is COCCNS(=O)(=O)c1ccc(C)c(C(=O)N2CCN(CC(=O)N3CCCCC3)CC2)c1. The van der Waals surface area contributed by atoms with E-state index in [1.54, 1.807) is 17.9 Å². The summed E-state index contributed by atoms with van der Waals surface area (Å²) < 4.78 is 32.4. The number of aryl methyl sites for hydroxylation is 1. The van der Waals surface area contributed by atoms with E-state index in [0.29, 0.717) is 38.3 Å². The van der Waals surface area contributed by atoms with Crippen LogP contribution in [-0.2, 0) is 19.6 Å². The Morgan fingerprint density at radius 1 is 1.00 bits per heavy atom. The molecule has 0 aromatic heterocycles. The Morgan fingerprint density at radius 3 is 2.34 bits per heavy atom. The highest BCUT2D eigenvalue weighted by Crippen LogP contribution is 2.19. The maximum absolute atomic E-state index is 13.1. The second-order valence-corrected chi connectivity index (χ2v) is 10.1. The molecule has 32 heavy (non-hydrogen) atoms. The minimum atomic E-state index is -3.72. The summed E-state index contributed by atoms with van der Waals surface area (Å²) >= 11 is 0. The van der Waals surface area contributed by atoms with Gasteiger partial charge in [-0.2, -0.15) is 0 Å². The Bertz CT molecular complexity index is 907. The molecule has 2 amide bonds. The molecule has 2 fully saturated rings. The zero-order valence-corrected chi connectivity index (χ0v) is 19.8. The molecule has 10 heteroatoms. The Hall–Kier alpha value is -2.01. The number of nitrogens with zero attached hydrogens (tertiary/aromatic N) is 3. The molecule has 2 aliphatic heterocycles. The molecule has 1 aromatic carbocycles. The molecule has 0 radical (unpaired) electrons. The van der Waals surface area contributed by atoms with E-state index in [1.807, 2.05) is 4.90 Å². The van der Waals surface area contributed by atoms with Gasteiger partial charge >= 0.3 is 0 Å². The van der Waals surface area contributed by atoms with Gasteiger partial charge in [0.05, 0.1) is 18.0 Å². The van der Waals surface area contributed by atoms with Crippen LogP contribution in [0.3, 0.4) is 0 Å². The molecule has 1 aromatic rings. The number of piperidine rings is 1. The zero-order chi connectivity index (χ0) is 23.1. The summed E-state index contributed by atoms with van der Waals surface area (Å²) in [6.45, 7) is 6.57. The van der Waals surface area contributed by atoms with Gasteiger partial charge in [-0.25, -0.2) is 13.1 Å². The van der Waals surface area contributed by atoms with E-state index < -0.39 is 10.0 Å². The number of benzene rings is 1. The molecule has 0 saturated carbocycles. The predicted molar refractivity (Wildman–Crippen MR) is 121 cm³/mol. The molecule has 0 aliphatic carbocycles. The maximum atomic E-state index is 13.1. The summed E-state index contributed by atoms with van der Waals surface area (Å²) in [6, 6.07) is 4.61. The Labute approximate surface area is 190 Å². The van der Waals surface area contributed by atoms with Crippen LogP contribution in [0.4, 0.5) is 0 Å². The lowest BCUT2D eigenvalue weighted by Crippen LogP contribution is -2.52. The molecule has 2 aliphatic rings. The number of sulfonamides is 1. The van der Waals surface area contributed by atoms with Crippen molar-refractivity contribution < 1.29 is 22.7 Å². The number of hydrogen-bond donors (Lipinski definition) is 1. The lowest BCUT2D eigenvalue weighted by Gasteiger charge is -2.36. The quantitative estimate of drug-likeness (QED) is 0.566. The van der Waals surface area contributed by atoms with E-state index in [9.17, 15) is 18.0 Å².